The lowest BCUT2D eigenvalue weighted by molar-refractivity contribution is 0.209. The second-order valence-electron chi connectivity index (χ2n) is 4.25. The van der Waals surface area contributed by atoms with Crippen molar-refractivity contribution in [3.8, 4) is 5.75 Å². The molecule has 1 unspecified atom stereocenters. The average molecular weight is 230 g/mol. The summed E-state index contributed by atoms with van der Waals surface area (Å²) in [6.07, 6.45) is 1.98. The van der Waals surface area contributed by atoms with E-state index in [1.807, 2.05) is 31.3 Å². The van der Waals surface area contributed by atoms with Gasteiger partial charge in [0.1, 0.15) is 11.9 Å². The molecule has 2 aromatic rings. The molecule has 0 amide bonds. The molecule has 0 fully saturated rings. The summed E-state index contributed by atoms with van der Waals surface area (Å²) in [5.74, 6) is 0.936. The second-order valence-corrected chi connectivity index (χ2v) is 4.25. The molecule has 17 heavy (non-hydrogen) atoms. The van der Waals surface area contributed by atoms with Crippen molar-refractivity contribution in [3.63, 3.8) is 0 Å². The van der Waals surface area contributed by atoms with Crippen LogP contribution in [0.4, 0.5) is 0 Å². The highest BCUT2D eigenvalue weighted by Gasteiger charge is 2.18. The second kappa shape index (κ2) is 3.89. The van der Waals surface area contributed by atoms with E-state index in [2.05, 4.69) is 5.10 Å². The van der Waals surface area contributed by atoms with Crippen LogP contribution in [0.25, 0.3) is 0 Å². The quantitative estimate of drug-likeness (QED) is 0.849. The maximum absolute atomic E-state index is 10.3. The van der Waals surface area contributed by atoms with E-state index in [9.17, 15) is 5.11 Å². The molecular formula is C13H14N2O2. The molecule has 1 aliphatic heterocycles. The number of fused-ring (bicyclic) bond motifs is 1. The molecule has 1 N–H and O–H groups in total. The number of benzene rings is 1. The van der Waals surface area contributed by atoms with Gasteiger partial charge in [0.2, 0.25) is 0 Å². The molecule has 3 rings (SSSR count). The first-order chi connectivity index (χ1) is 8.25. The van der Waals surface area contributed by atoms with Crippen molar-refractivity contribution in [2.75, 3.05) is 6.61 Å². The summed E-state index contributed by atoms with van der Waals surface area (Å²) in [5, 5.41) is 14.4. The highest BCUT2D eigenvalue weighted by Crippen LogP contribution is 2.30. The number of aliphatic hydroxyl groups is 1. The molecular weight excluding hydrogens is 216 g/mol. The average Bonchev–Trinajstić information content (AvgIpc) is 2.95. The molecule has 4 nitrogen and oxygen atoms in total. The van der Waals surface area contributed by atoms with E-state index in [-0.39, 0.29) is 0 Å². The maximum atomic E-state index is 10.3. The fourth-order valence-electron chi connectivity index (χ4n) is 2.20. The summed E-state index contributed by atoms with van der Waals surface area (Å²) in [6.45, 7) is 0.737. The summed E-state index contributed by atoms with van der Waals surface area (Å²) in [7, 11) is 1.83. The van der Waals surface area contributed by atoms with E-state index < -0.39 is 6.10 Å². The Morgan fingerprint density at radius 1 is 1.41 bits per heavy atom. The van der Waals surface area contributed by atoms with E-state index in [1.54, 1.807) is 10.9 Å². The number of rotatable bonds is 2. The molecule has 1 atom stereocenters. The van der Waals surface area contributed by atoms with Crippen molar-refractivity contribution >= 4 is 0 Å². The van der Waals surface area contributed by atoms with Gasteiger partial charge in [-0.3, -0.25) is 4.68 Å². The van der Waals surface area contributed by atoms with Crippen LogP contribution in [-0.4, -0.2) is 21.5 Å². The van der Waals surface area contributed by atoms with E-state index >= 15 is 0 Å². The van der Waals surface area contributed by atoms with Crippen LogP contribution in [0.15, 0.2) is 30.5 Å². The van der Waals surface area contributed by atoms with Gasteiger partial charge in [0.05, 0.1) is 12.3 Å². The smallest absolute Gasteiger partial charge is 0.122 e. The number of aromatic nitrogens is 2. The minimum absolute atomic E-state index is 0.631. The molecule has 0 radical (unpaired) electrons. The van der Waals surface area contributed by atoms with Gasteiger partial charge in [-0.15, -0.1) is 0 Å². The third-order valence-electron chi connectivity index (χ3n) is 3.17. The third-order valence-corrected chi connectivity index (χ3v) is 3.17. The number of nitrogens with zero attached hydrogens (tertiary/aromatic N) is 2. The Balaban J connectivity index is 1.97. The zero-order valence-electron chi connectivity index (χ0n) is 9.63. The minimum atomic E-state index is -0.631. The lowest BCUT2D eigenvalue weighted by Gasteiger charge is -2.12. The largest absolute Gasteiger partial charge is 0.493 e. The summed E-state index contributed by atoms with van der Waals surface area (Å²) < 4.78 is 7.14. The summed E-state index contributed by atoms with van der Waals surface area (Å²) in [4.78, 5) is 0. The van der Waals surface area contributed by atoms with E-state index in [0.29, 0.717) is 0 Å². The molecule has 1 aromatic carbocycles. The molecule has 0 bridgehead atoms. The number of aryl methyl sites for hydroxylation is 1. The fourth-order valence-corrected chi connectivity index (χ4v) is 2.20. The zero-order chi connectivity index (χ0) is 11.8. The van der Waals surface area contributed by atoms with Gasteiger partial charge < -0.3 is 9.84 Å². The van der Waals surface area contributed by atoms with E-state index in [4.69, 9.17) is 4.74 Å². The molecule has 0 saturated heterocycles. The van der Waals surface area contributed by atoms with Crippen molar-refractivity contribution in [1.82, 2.24) is 9.78 Å². The van der Waals surface area contributed by atoms with Gasteiger partial charge in [-0.2, -0.15) is 5.10 Å². The SMILES string of the molecule is Cn1nccc1C(O)c1ccc2c(c1)CCO2. The molecule has 88 valence electrons. The van der Waals surface area contributed by atoms with Gasteiger partial charge >= 0.3 is 0 Å². The van der Waals surface area contributed by atoms with E-state index in [1.165, 1.54) is 5.56 Å². The van der Waals surface area contributed by atoms with Crippen molar-refractivity contribution in [2.45, 2.75) is 12.5 Å². The van der Waals surface area contributed by atoms with Crippen molar-refractivity contribution < 1.29 is 9.84 Å². The third kappa shape index (κ3) is 1.70. The predicted octanol–water partition coefficient (Wildman–Crippen LogP) is 1.44. The molecule has 0 aliphatic carbocycles. The zero-order valence-corrected chi connectivity index (χ0v) is 9.63. The first-order valence-corrected chi connectivity index (χ1v) is 5.67. The minimum Gasteiger partial charge on any atom is -0.493 e. The van der Waals surface area contributed by atoms with Gasteiger partial charge in [0, 0.05) is 19.7 Å². The van der Waals surface area contributed by atoms with Crippen LogP contribution in [0.1, 0.15) is 22.9 Å². The van der Waals surface area contributed by atoms with Crippen LogP contribution >= 0.6 is 0 Å². The summed E-state index contributed by atoms with van der Waals surface area (Å²) >= 11 is 0. The Hall–Kier alpha value is -1.81. The summed E-state index contributed by atoms with van der Waals surface area (Å²) in [6, 6.07) is 7.67. The van der Waals surface area contributed by atoms with Crippen LogP contribution in [-0.2, 0) is 13.5 Å². The van der Waals surface area contributed by atoms with Gasteiger partial charge in [-0.1, -0.05) is 6.07 Å². The maximum Gasteiger partial charge on any atom is 0.122 e. The van der Waals surface area contributed by atoms with Gasteiger partial charge in [-0.25, -0.2) is 0 Å². The van der Waals surface area contributed by atoms with E-state index in [0.717, 1.165) is 30.0 Å². The monoisotopic (exact) mass is 230 g/mol. The topological polar surface area (TPSA) is 47.3 Å². The Morgan fingerprint density at radius 3 is 3.06 bits per heavy atom. The molecule has 0 saturated carbocycles. The first-order valence-electron chi connectivity index (χ1n) is 5.67. The Kier molecular flexibility index (Phi) is 2.37. The first kappa shape index (κ1) is 10.4. The van der Waals surface area contributed by atoms with Gasteiger partial charge in [0.25, 0.3) is 0 Å². The van der Waals surface area contributed by atoms with Crippen LogP contribution in [0, 0.1) is 0 Å². The fraction of sp³-hybridized carbons (Fsp3) is 0.308. The Bertz CT molecular complexity index is 548. The van der Waals surface area contributed by atoms with Crippen LogP contribution in [0.2, 0.25) is 0 Å². The normalized spacial score (nSPS) is 15.4. The van der Waals surface area contributed by atoms with Crippen molar-refractivity contribution in [3.05, 3.63) is 47.3 Å². The lowest BCUT2D eigenvalue weighted by atomic mass is 10.0. The number of hydrogen-bond acceptors (Lipinski definition) is 3. The van der Waals surface area contributed by atoms with Gasteiger partial charge in [0.15, 0.2) is 0 Å². The standard InChI is InChI=1S/C13H14N2O2/c1-15-11(4-6-14-15)13(16)10-2-3-12-9(8-10)5-7-17-12/h2-4,6,8,13,16H,5,7H2,1H3. The molecule has 1 aliphatic rings. The number of hydrogen-bond donors (Lipinski definition) is 1. The van der Waals surface area contributed by atoms with Crippen LogP contribution in [0.3, 0.4) is 0 Å². The highest BCUT2D eigenvalue weighted by atomic mass is 16.5. The number of aliphatic hydroxyl groups excluding tert-OH is 1. The lowest BCUT2D eigenvalue weighted by Crippen LogP contribution is -2.06. The molecule has 4 heteroatoms. The molecule has 2 heterocycles. The highest BCUT2D eigenvalue weighted by molar-refractivity contribution is 5.41. The number of ether oxygens (including phenoxy) is 1. The van der Waals surface area contributed by atoms with Gasteiger partial charge in [-0.05, 0) is 29.3 Å². The molecule has 1 aromatic heterocycles. The summed E-state index contributed by atoms with van der Waals surface area (Å²) in [5.41, 5.74) is 2.85. The van der Waals surface area contributed by atoms with Crippen molar-refractivity contribution in [2.24, 2.45) is 7.05 Å². The Labute approximate surface area is 99.5 Å². The van der Waals surface area contributed by atoms with Crippen LogP contribution in [0.5, 0.6) is 5.75 Å². The predicted molar refractivity (Wildman–Crippen MR) is 62.9 cm³/mol. The Morgan fingerprint density at radius 2 is 2.29 bits per heavy atom. The van der Waals surface area contributed by atoms with Crippen LogP contribution < -0.4 is 4.74 Å². The van der Waals surface area contributed by atoms with Crippen molar-refractivity contribution in [1.29, 1.82) is 0 Å². The molecule has 0 spiro atoms.